The number of nitrogens with one attached hydrogen (secondary N) is 3. The van der Waals surface area contributed by atoms with Crippen molar-refractivity contribution in [3.05, 3.63) is 62.3 Å². The average molecular weight is 646 g/mol. The number of carbonyl (C=O) groups is 3. The first-order chi connectivity index (χ1) is 21.3. The predicted molar refractivity (Wildman–Crippen MR) is 177 cm³/mol. The molecule has 0 unspecified atom stereocenters. The van der Waals surface area contributed by atoms with Crippen molar-refractivity contribution in [3.8, 4) is 22.5 Å². The molecule has 10 nitrogen and oxygen atoms in total. The van der Waals surface area contributed by atoms with Crippen LogP contribution in [0.5, 0.6) is 0 Å². The van der Waals surface area contributed by atoms with Crippen molar-refractivity contribution in [2.75, 3.05) is 10.6 Å². The van der Waals surface area contributed by atoms with E-state index in [1.165, 1.54) is 48.4 Å². The number of thioether (sulfide) groups is 1. The summed E-state index contributed by atoms with van der Waals surface area (Å²) in [6.45, 7) is 4.35. The molecule has 0 bridgehead atoms. The molecule has 7 rings (SSSR count). The SMILES string of the molecule is C[C@H](Nc1cncc(-c2csc(/C=C3\SC(=O)NC3=O)c2)n1)C1CC1.C[C@H](Nc1cncc(-c2csc(C=O)c2)n1)C1CC1. The number of thiophene rings is 2. The molecule has 44 heavy (non-hydrogen) atoms. The minimum absolute atomic E-state index is 0.331. The molecule has 4 aromatic heterocycles. The second-order valence-electron chi connectivity index (χ2n) is 11.1. The molecule has 4 aromatic rings. The summed E-state index contributed by atoms with van der Waals surface area (Å²) < 4.78 is 0. The van der Waals surface area contributed by atoms with E-state index >= 15 is 0 Å². The van der Waals surface area contributed by atoms with E-state index in [0.29, 0.717) is 21.9 Å². The highest BCUT2D eigenvalue weighted by molar-refractivity contribution is 8.18. The van der Waals surface area contributed by atoms with Crippen molar-refractivity contribution in [1.82, 2.24) is 25.3 Å². The Labute approximate surface area is 267 Å². The Kier molecular flexibility index (Phi) is 9.14. The number of aromatic nitrogens is 4. The second-order valence-corrected chi connectivity index (χ2v) is 14.0. The molecule has 2 amide bonds. The van der Waals surface area contributed by atoms with Crippen molar-refractivity contribution in [2.24, 2.45) is 11.8 Å². The van der Waals surface area contributed by atoms with Gasteiger partial charge in [-0.1, -0.05) is 0 Å². The summed E-state index contributed by atoms with van der Waals surface area (Å²) in [4.78, 5) is 53.3. The Bertz CT molecular complexity index is 1710. The summed E-state index contributed by atoms with van der Waals surface area (Å²) >= 11 is 3.84. The molecule has 1 saturated heterocycles. The third kappa shape index (κ3) is 7.76. The molecule has 3 fully saturated rings. The quantitative estimate of drug-likeness (QED) is 0.122. The summed E-state index contributed by atoms with van der Waals surface area (Å²) in [6.07, 6.45) is 14.7. The van der Waals surface area contributed by atoms with Gasteiger partial charge in [-0.05, 0) is 81.3 Å². The van der Waals surface area contributed by atoms with Gasteiger partial charge in [0.25, 0.3) is 11.1 Å². The normalized spacial score (nSPS) is 18.3. The van der Waals surface area contributed by atoms with E-state index in [4.69, 9.17) is 0 Å². The van der Waals surface area contributed by atoms with Crippen LogP contribution in [0.15, 0.2) is 52.6 Å². The third-order valence-corrected chi connectivity index (χ3v) is 10.1. The zero-order chi connectivity index (χ0) is 30.6. The Balaban J connectivity index is 0.000000162. The van der Waals surface area contributed by atoms with Gasteiger partial charge in [-0.15, -0.1) is 22.7 Å². The molecule has 1 aliphatic heterocycles. The molecule has 0 spiro atoms. The molecule has 226 valence electrons. The van der Waals surface area contributed by atoms with Crippen LogP contribution in [-0.2, 0) is 4.79 Å². The lowest BCUT2D eigenvalue weighted by atomic mass is 10.2. The Morgan fingerprint density at radius 2 is 1.34 bits per heavy atom. The van der Waals surface area contributed by atoms with Gasteiger partial charge in [0.1, 0.15) is 11.6 Å². The van der Waals surface area contributed by atoms with Gasteiger partial charge >= 0.3 is 0 Å². The Hall–Kier alpha value is -3.94. The molecule has 2 saturated carbocycles. The van der Waals surface area contributed by atoms with Gasteiger partial charge in [-0.3, -0.25) is 29.7 Å². The first kappa shape index (κ1) is 30.1. The molecule has 0 radical (unpaired) electrons. The van der Waals surface area contributed by atoms with Gasteiger partial charge in [-0.25, -0.2) is 9.97 Å². The van der Waals surface area contributed by atoms with Crippen LogP contribution in [0.4, 0.5) is 16.4 Å². The van der Waals surface area contributed by atoms with Gasteiger partial charge in [0.05, 0.1) is 46.0 Å². The molecule has 2 aliphatic carbocycles. The summed E-state index contributed by atoms with van der Waals surface area (Å²) in [5, 5.41) is 12.6. The highest BCUT2D eigenvalue weighted by Crippen LogP contribution is 2.35. The van der Waals surface area contributed by atoms with E-state index in [2.05, 4.69) is 49.7 Å². The van der Waals surface area contributed by atoms with Crippen molar-refractivity contribution >= 4 is 69.6 Å². The predicted octanol–water partition coefficient (Wildman–Crippen LogP) is 6.97. The van der Waals surface area contributed by atoms with E-state index in [0.717, 1.165) is 68.9 Å². The number of amides is 2. The molecular formula is C31H31N7O3S3. The van der Waals surface area contributed by atoms with Crippen molar-refractivity contribution in [2.45, 2.75) is 51.6 Å². The number of aldehydes is 1. The first-order valence-corrected chi connectivity index (χ1v) is 17.0. The van der Waals surface area contributed by atoms with Crippen LogP contribution in [-0.4, -0.2) is 49.5 Å². The van der Waals surface area contributed by atoms with E-state index in [1.54, 1.807) is 30.9 Å². The number of rotatable bonds is 10. The fraction of sp³-hybridized carbons (Fsp3) is 0.323. The van der Waals surface area contributed by atoms with E-state index < -0.39 is 0 Å². The van der Waals surface area contributed by atoms with Crippen molar-refractivity contribution < 1.29 is 14.4 Å². The Morgan fingerprint density at radius 1 is 0.818 bits per heavy atom. The number of imide groups is 1. The van der Waals surface area contributed by atoms with E-state index in [-0.39, 0.29) is 11.1 Å². The number of carbonyl (C=O) groups excluding carboxylic acids is 3. The maximum Gasteiger partial charge on any atom is 0.290 e. The van der Waals surface area contributed by atoms with Crippen LogP contribution < -0.4 is 16.0 Å². The lowest BCUT2D eigenvalue weighted by Crippen LogP contribution is -2.18. The largest absolute Gasteiger partial charge is 0.366 e. The maximum atomic E-state index is 11.6. The van der Waals surface area contributed by atoms with Gasteiger partial charge < -0.3 is 10.6 Å². The van der Waals surface area contributed by atoms with E-state index in [9.17, 15) is 14.4 Å². The highest BCUT2D eigenvalue weighted by Gasteiger charge is 2.29. The standard InChI is InChI=1S/C17H16N4O2S2.C14H15N3OS/c1-9(10-2-3-10)19-15-7-18-6-13(20-15)11-4-12(24-8-11)5-14-16(22)21-17(23)25-14;1-9(10-2-3-10)16-14-6-15-5-13(17-14)11-4-12(7-18)19-8-11/h4-10H,2-3H2,1H3,(H,19,20)(H,21,22,23);4-10H,2-3H2,1H3,(H,16,17)/b14-5-;/t2*9-/m00/s1. The van der Waals surface area contributed by atoms with Crippen molar-refractivity contribution in [1.29, 1.82) is 0 Å². The van der Waals surface area contributed by atoms with Gasteiger partial charge in [0, 0.05) is 38.8 Å². The average Bonchev–Trinajstić information content (AvgIpc) is 3.93. The summed E-state index contributed by atoms with van der Waals surface area (Å²) in [5.74, 6) is 2.75. The molecular weight excluding hydrogens is 615 g/mol. The maximum absolute atomic E-state index is 11.6. The second kappa shape index (κ2) is 13.4. The molecule has 5 heterocycles. The minimum Gasteiger partial charge on any atom is -0.366 e. The third-order valence-electron chi connectivity index (χ3n) is 7.54. The zero-order valence-electron chi connectivity index (χ0n) is 24.1. The van der Waals surface area contributed by atoms with Crippen molar-refractivity contribution in [3.63, 3.8) is 0 Å². The summed E-state index contributed by atoms with van der Waals surface area (Å²) in [7, 11) is 0. The fourth-order valence-corrected chi connectivity index (χ4v) is 6.99. The van der Waals surface area contributed by atoms with E-state index in [1.807, 2.05) is 22.9 Å². The van der Waals surface area contributed by atoms with Crippen LogP contribution in [0, 0.1) is 11.8 Å². The Morgan fingerprint density at radius 3 is 1.80 bits per heavy atom. The fourth-order valence-electron chi connectivity index (χ4n) is 4.71. The summed E-state index contributed by atoms with van der Waals surface area (Å²) in [5.41, 5.74) is 3.48. The van der Waals surface area contributed by atoms with Gasteiger partial charge in [0.15, 0.2) is 6.29 Å². The molecule has 3 N–H and O–H groups in total. The van der Waals surface area contributed by atoms with Crippen LogP contribution in [0.3, 0.4) is 0 Å². The summed E-state index contributed by atoms with van der Waals surface area (Å²) in [6, 6.07) is 4.64. The smallest absolute Gasteiger partial charge is 0.290 e. The lowest BCUT2D eigenvalue weighted by molar-refractivity contribution is -0.115. The van der Waals surface area contributed by atoms with Gasteiger partial charge in [0.2, 0.25) is 0 Å². The van der Waals surface area contributed by atoms with Crippen LogP contribution in [0.1, 0.15) is 54.1 Å². The zero-order valence-corrected chi connectivity index (χ0v) is 26.6. The molecule has 0 aromatic carbocycles. The number of anilines is 2. The minimum atomic E-state index is -0.343. The van der Waals surface area contributed by atoms with Crippen LogP contribution in [0.25, 0.3) is 28.6 Å². The molecule has 2 atom stereocenters. The monoisotopic (exact) mass is 645 g/mol. The molecule has 3 aliphatic rings. The van der Waals surface area contributed by atoms with Gasteiger partial charge in [-0.2, -0.15) is 0 Å². The first-order valence-electron chi connectivity index (χ1n) is 14.4. The number of hydrogen-bond donors (Lipinski definition) is 3. The number of hydrogen-bond acceptors (Lipinski definition) is 12. The lowest BCUT2D eigenvalue weighted by Gasteiger charge is -2.13. The number of nitrogens with zero attached hydrogens (tertiary/aromatic N) is 4. The van der Waals surface area contributed by atoms with Crippen LogP contribution in [0.2, 0.25) is 0 Å². The molecule has 13 heteroatoms. The highest BCUT2D eigenvalue weighted by atomic mass is 32.2. The van der Waals surface area contributed by atoms with Crippen LogP contribution >= 0.6 is 34.4 Å². The topological polar surface area (TPSA) is 139 Å².